The van der Waals surface area contributed by atoms with Crippen LogP contribution in [0.15, 0.2) is 41.4 Å². The summed E-state index contributed by atoms with van der Waals surface area (Å²) in [6.45, 7) is 2.07. The first kappa shape index (κ1) is 9.34. The van der Waals surface area contributed by atoms with E-state index in [0.717, 1.165) is 15.7 Å². The highest BCUT2D eigenvalue weighted by molar-refractivity contribution is 9.10. The largest absolute Gasteiger partial charge is 0.244 e. The molecule has 1 aromatic carbocycles. The van der Waals surface area contributed by atoms with Crippen molar-refractivity contribution >= 4 is 15.9 Å². The highest BCUT2D eigenvalue weighted by atomic mass is 79.9. The third kappa shape index (κ3) is 1.82. The van der Waals surface area contributed by atoms with E-state index in [1.54, 1.807) is 0 Å². The summed E-state index contributed by atoms with van der Waals surface area (Å²) in [6.07, 6.45) is 3.34. The summed E-state index contributed by atoms with van der Waals surface area (Å²) in [7, 11) is 0. The summed E-state index contributed by atoms with van der Waals surface area (Å²) in [5.41, 5.74) is 3.40. The van der Waals surface area contributed by atoms with Gasteiger partial charge in [-0.1, -0.05) is 29.8 Å². The number of aryl methyl sites for hydroxylation is 1. The second-order valence-corrected chi connectivity index (χ2v) is 3.84. The van der Waals surface area contributed by atoms with E-state index in [1.807, 2.05) is 6.20 Å². The summed E-state index contributed by atoms with van der Waals surface area (Å²) in [6, 6.07) is 8.29. The maximum Gasteiger partial charge on any atom is 0.117 e. The van der Waals surface area contributed by atoms with Crippen molar-refractivity contribution in [2.45, 2.75) is 6.92 Å². The molecule has 0 radical (unpaired) electrons. The molecule has 70 valence electrons. The smallest absolute Gasteiger partial charge is 0.117 e. The Balaban J connectivity index is 2.50. The van der Waals surface area contributed by atoms with Crippen molar-refractivity contribution in [3.63, 3.8) is 0 Å². The number of hydrogen-bond acceptors (Lipinski definition) is 2. The fourth-order valence-corrected chi connectivity index (χ4v) is 1.66. The number of hydrogen-bond donors (Lipinski definition) is 0. The van der Waals surface area contributed by atoms with Gasteiger partial charge in [0.1, 0.15) is 10.9 Å². The minimum Gasteiger partial charge on any atom is -0.244 e. The topological polar surface area (TPSA) is 25.8 Å². The second kappa shape index (κ2) is 3.88. The molecule has 3 heteroatoms. The van der Waals surface area contributed by atoms with Gasteiger partial charge in [-0.25, -0.2) is 9.97 Å². The molecule has 2 rings (SSSR count). The van der Waals surface area contributed by atoms with E-state index in [4.69, 9.17) is 0 Å². The summed E-state index contributed by atoms with van der Waals surface area (Å²) in [5, 5.41) is 0. The highest BCUT2D eigenvalue weighted by Crippen LogP contribution is 2.25. The molecule has 0 spiro atoms. The molecule has 2 aromatic rings. The van der Waals surface area contributed by atoms with Gasteiger partial charge in [0.2, 0.25) is 0 Å². The Labute approximate surface area is 91.2 Å². The molecule has 0 unspecified atom stereocenters. The first-order chi connectivity index (χ1) is 6.77. The van der Waals surface area contributed by atoms with Gasteiger partial charge in [0.15, 0.2) is 0 Å². The molecule has 0 aliphatic carbocycles. The standard InChI is InChI=1S/C11H9BrN2/c1-8-2-4-9(5-3-8)10-6-13-7-14-11(10)12/h2-7H,1H3. The van der Waals surface area contributed by atoms with E-state index in [1.165, 1.54) is 11.9 Å². The van der Waals surface area contributed by atoms with Crippen LogP contribution in [0.2, 0.25) is 0 Å². The molecule has 14 heavy (non-hydrogen) atoms. The minimum absolute atomic E-state index is 0.830. The Morgan fingerprint density at radius 1 is 1.14 bits per heavy atom. The Kier molecular flexibility index (Phi) is 2.59. The lowest BCUT2D eigenvalue weighted by Crippen LogP contribution is -1.85. The lowest BCUT2D eigenvalue weighted by molar-refractivity contribution is 1.14. The molecule has 0 saturated heterocycles. The quantitative estimate of drug-likeness (QED) is 0.725. The molecular weight excluding hydrogens is 240 g/mol. The molecule has 0 fully saturated rings. The van der Waals surface area contributed by atoms with Crippen molar-refractivity contribution in [3.8, 4) is 11.1 Å². The van der Waals surface area contributed by atoms with Crippen molar-refractivity contribution in [1.82, 2.24) is 9.97 Å². The molecule has 0 saturated carbocycles. The van der Waals surface area contributed by atoms with Gasteiger partial charge >= 0.3 is 0 Å². The predicted molar refractivity (Wildman–Crippen MR) is 59.9 cm³/mol. The maximum absolute atomic E-state index is 4.08. The van der Waals surface area contributed by atoms with Crippen molar-refractivity contribution in [2.75, 3.05) is 0 Å². The third-order valence-corrected chi connectivity index (χ3v) is 2.66. The first-order valence-corrected chi connectivity index (χ1v) is 5.09. The van der Waals surface area contributed by atoms with Crippen LogP contribution in [0, 0.1) is 6.92 Å². The molecule has 2 nitrogen and oxygen atoms in total. The SMILES string of the molecule is Cc1ccc(-c2cncnc2Br)cc1. The summed E-state index contributed by atoms with van der Waals surface area (Å²) < 4.78 is 0.830. The molecule has 0 atom stereocenters. The molecule has 0 N–H and O–H groups in total. The van der Waals surface area contributed by atoms with Crippen molar-refractivity contribution < 1.29 is 0 Å². The fourth-order valence-electron chi connectivity index (χ4n) is 1.24. The van der Waals surface area contributed by atoms with Crippen LogP contribution in [0.1, 0.15) is 5.56 Å². The van der Waals surface area contributed by atoms with E-state index in [-0.39, 0.29) is 0 Å². The van der Waals surface area contributed by atoms with Crippen LogP contribution in [0.5, 0.6) is 0 Å². The molecule has 0 aliphatic heterocycles. The molecule has 1 heterocycles. The Morgan fingerprint density at radius 2 is 1.86 bits per heavy atom. The zero-order valence-electron chi connectivity index (χ0n) is 7.74. The maximum atomic E-state index is 4.08. The lowest BCUT2D eigenvalue weighted by atomic mass is 10.1. The van der Waals surface area contributed by atoms with Crippen LogP contribution >= 0.6 is 15.9 Å². The van der Waals surface area contributed by atoms with E-state index in [9.17, 15) is 0 Å². The van der Waals surface area contributed by atoms with Crippen LogP contribution < -0.4 is 0 Å². The van der Waals surface area contributed by atoms with Crippen LogP contribution in [0.3, 0.4) is 0 Å². The molecular formula is C11H9BrN2. The average molecular weight is 249 g/mol. The Morgan fingerprint density at radius 3 is 2.50 bits per heavy atom. The van der Waals surface area contributed by atoms with Gasteiger partial charge in [-0.2, -0.15) is 0 Å². The number of rotatable bonds is 1. The zero-order valence-corrected chi connectivity index (χ0v) is 9.32. The minimum atomic E-state index is 0.830. The summed E-state index contributed by atoms with van der Waals surface area (Å²) >= 11 is 3.40. The highest BCUT2D eigenvalue weighted by Gasteiger charge is 2.02. The first-order valence-electron chi connectivity index (χ1n) is 4.30. The molecule has 0 amide bonds. The van der Waals surface area contributed by atoms with Crippen molar-refractivity contribution in [2.24, 2.45) is 0 Å². The normalized spacial score (nSPS) is 10.1. The van der Waals surface area contributed by atoms with Gasteiger partial charge < -0.3 is 0 Å². The fraction of sp³-hybridized carbons (Fsp3) is 0.0909. The van der Waals surface area contributed by atoms with E-state index >= 15 is 0 Å². The number of aromatic nitrogens is 2. The van der Waals surface area contributed by atoms with Crippen molar-refractivity contribution in [3.05, 3.63) is 47.0 Å². The predicted octanol–water partition coefficient (Wildman–Crippen LogP) is 3.21. The van der Waals surface area contributed by atoms with E-state index in [2.05, 4.69) is 57.1 Å². The van der Waals surface area contributed by atoms with Gasteiger partial charge in [0.25, 0.3) is 0 Å². The summed E-state index contributed by atoms with van der Waals surface area (Å²) in [5.74, 6) is 0. The Hall–Kier alpha value is -1.22. The third-order valence-electron chi connectivity index (χ3n) is 2.03. The molecule has 1 aromatic heterocycles. The van der Waals surface area contributed by atoms with Gasteiger partial charge in [-0.05, 0) is 28.4 Å². The van der Waals surface area contributed by atoms with E-state index in [0.29, 0.717) is 0 Å². The van der Waals surface area contributed by atoms with Crippen LogP contribution in [-0.4, -0.2) is 9.97 Å². The van der Waals surface area contributed by atoms with Gasteiger partial charge in [-0.15, -0.1) is 0 Å². The lowest BCUT2D eigenvalue weighted by Gasteiger charge is -2.02. The van der Waals surface area contributed by atoms with Crippen LogP contribution in [-0.2, 0) is 0 Å². The summed E-state index contributed by atoms with van der Waals surface area (Å²) in [4.78, 5) is 8.09. The van der Waals surface area contributed by atoms with E-state index < -0.39 is 0 Å². The van der Waals surface area contributed by atoms with Gasteiger partial charge in [0, 0.05) is 11.8 Å². The zero-order chi connectivity index (χ0) is 9.97. The Bertz CT molecular complexity index is 437. The number of nitrogens with zero attached hydrogens (tertiary/aromatic N) is 2. The number of benzene rings is 1. The van der Waals surface area contributed by atoms with Crippen LogP contribution in [0.4, 0.5) is 0 Å². The molecule has 0 bridgehead atoms. The van der Waals surface area contributed by atoms with Gasteiger partial charge in [-0.3, -0.25) is 0 Å². The van der Waals surface area contributed by atoms with Crippen LogP contribution in [0.25, 0.3) is 11.1 Å². The number of halogens is 1. The second-order valence-electron chi connectivity index (χ2n) is 3.09. The van der Waals surface area contributed by atoms with Gasteiger partial charge in [0.05, 0.1) is 0 Å². The van der Waals surface area contributed by atoms with Crippen molar-refractivity contribution in [1.29, 1.82) is 0 Å². The monoisotopic (exact) mass is 248 g/mol. The average Bonchev–Trinajstić information content (AvgIpc) is 2.20. The molecule has 0 aliphatic rings.